The maximum atomic E-state index is 10.7. The first-order chi connectivity index (χ1) is 11.6. The van der Waals surface area contributed by atoms with Crippen LogP contribution in [-0.4, -0.2) is 50.0 Å². The highest BCUT2D eigenvalue weighted by molar-refractivity contribution is 14.0. The average Bonchev–Trinajstić information content (AvgIpc) is 3.05. The molecule has 2 fully saturated rings. The molecular weight excluding hydrogens is 429 g/mol. The molecule has 3 N–H and O–H groups in total. The summed E-state index contributed by atoms with van der Waals surface area (Å²) in [5, 5.41) is 17.4. The van der Waals surface area contributed by atoms with Gasteiger partial charge in [0.1, 0.15) is 0 Å². The lowest BCUT2D eigenvalue weighted by molar-refractivity contribution is 0.00857. The Morgan fingerprint density at radius 1 is 1.04 bits per heavy atom. The van der Waals surface area contributed by atoms with Crippen LogP contribution < -0.4 is 10.6 Å². The highest BCUT2D eigenvalue weighted by Gasteiger charge is 2.33. The van der Waals surface area contributed by atoms with E-state index in [1.807, 2.05) is 0 Å². The van der Waals surface area contributed by atoms with Gasteiger partial charge in [-0.05, 0) is 44.4 Å². The molecule has 5 nitrogen and oxygen atoms in total. The highest BCUT2D eigenvalue weighted by Crippen LogP contribution is 2.41. The molecule has 0 aromatic rings. The monoisotopic (exact) mass is 467 g/mol. The van der Waals surface area contributed by atoms with Crippen molar-refractivity contribution in [2.24, 2.45) is 10.4 Å². The molecule has 0 atom stereocenters. The maximum absolute atomic E-state index is 10.7. The molecule has 0 bridgehead atoms. The molecule has 0 unspecified atom stereocenters. The van der Waals surface area contributed by atoms with Gasteiger partial charge in [0.05, 0.1) is 5.60 Å². The first kappa shape index (κ1) is 23.0. The molecule has 2 aliphatic carbocycles. The van der Waals surface area contributed by atoms with Gasteiger partial charge in [0.15, 0.2) is 5.96 Å². The van der Waals surface area contributed by atoms with E-state index in [4.69, 9.17) is 9.73 Å². The van der Waals surface area contributed by atoms with Crippen molar-refractivity contribution in [1.82, 2.24) is 10.6 Å². The SMILES string of the molecule is CCNC(=NCC1(CCOC)CCCC1)NCC1(O)CCCCC1.I. The Morgan fingerprint density at radius 3 is 2.28 bits per heavy atom. The van der Waals surface area contributed by atoms with Crippen LogP contribution in [0.4, 0.5) is 0 Å². The number of aliphatic imine (C=N–C) groups is 1. The number of methoxy groups -OCH3 is 1. The minimum Gasteiger partial charge on any atom is -0.388 e. The number of rotatable bonds is 8. The molecule has 0 aromatic heterocycles. The molecule has 0 amide bonds. The van der Waals surface area contributed by atoms with Crippen molar-refractivity contribution in [1.29, 1.82) is 0 Å². The summed E-state index contributed by atoms with van der Waals surface area (Å²) in [5.41, 5.74) is -0.254. The Bertz CT molecular complexity index is 392. The minimum atomic E-state index is -0.560. The van der Waals surface area contributed by atoms with Gasteiger partial charge in [-0.3, -0.25) is 4.99 Å². The predicted octanol–water partition coefficient (Wildman–Crippen LogP) is 3.45. The van der Waals surface area contributed by atoms with E-state index in [0.29, 0.717) is 12.0 Å². The summed E-state index contributed by atoms with van der Waals surface area (Å²) in [5.74, 6) is 0.847. The Hall–Kier alpha value is -0.0800. The lowest BCUT2D eigenvalue weighted by Gasteiger charge is -2.33. The predicted molar refractivity (Wildman–Crippen MR) is 115 cm³/mol. The number of aliphatic hydroxyl groups is 1. The van der Waals surface area contributed by atoms with Crippen molar-refractivity contribution in [2.45, 2.75) is 76.7 Å². The van der Waals surface area contributed by atoms with Crippen LogP contribution >= 0.6 is 24.0 Å². The Labute approximate surface area is 170 Å². The normalized spacial score (nSPS) is 22.3. The van der Waals surface area contributed by atoms with Crippen LogP contribution in [0.1, 0.15) is 71.1 Å². The van der Waals surface area contributed by atoms with Crippen LogP contribution in [-0.2, 0) is 4.74 Å². The fourth-order valence-electron chi connectivity index (χ4n) is 4.15. The summed E-state index contributed by atoms with van der Waals surface area (Å²) < 4.78 is 5.31. The molecule has 2 aliphatic rings. The Balaban J connectivity index is 0.00000312. The zero-order valence-electron chi connectivity index (χ0n) is 16.1. The summed E-state index contributed by atoms with van der Waals surface area (Å²) in [6, 6.07) is 0. The first-order valence-corrected chi connectivity index (χ1v) is 9.85. The first-order valence-electron chi connectivity index (χ1n) is 9.85. The third-order valence-corrected chi connectivity index (χ3v) is 5.79. The zero-order valence-corrected chi connectivity index (χ0v) is 18.4. The summed E-state index contributed by atoms with van der Waals surface area (Å²) in [4.78, 5) is 4.86. The van der Waals surface area contributed by atoms with Crippen molar-refractivity contribution in [3.63, 3.8) is 0 Å². The number of hydrogen-bond donors (Lipinski definition) is 3. The third kappa shape index (κ3) is 7.59. The van der Waals surface area contributed by atoms with E-state index in [1.165, 1.54) is 32.1 Å². The van der Waals surface area contributed by atoms with Crippen molar-refractivity contribution in [3.05, 3.63) is 0 Å². The van der Waals surface area contributed by atoms with Gasteiger partial charge in [-0.25, -0.2) is 0 Å². The molecule has 148 valence electrons. The fourth-order valence-corrected chi connectivity index (χ4v) is 4.15. The summed E-state index contributed by atoms with van der Waals surface area (Å²) in [6.45, 7) is 5.20. The smallest absolute Gasteiger partial charge is 0.191 e. The van der Waals surface area contributed by atoms with E-state index in [9.17, 15) is 5.11 Å². The second-order valence-corrected chi connectivity index (χ2v) is 7.78. The number of ether oxygens (including phenoxy) is 1. The standard InChI is InChI=1S/C19H37N3O2.HI/c1-3-20-17(22-16-19(23)11-5-4-6-12-19)21-15-18(13-14-24-2)9-7-8-10-18;/h23H,3-16H2,1-2H3,(H2,20,21,22);1H. The number of nitrogens with one attached hydrogen (secondary N) is 2. The Kier molecular flexibility index (Phi) is 10.6. The maximum Gasteiger partial charge on any atom is 0.191 e. The molecule has 0 aromatic carbocycles. The molecule has 0 spiro atoms. The molecule has 25 heavy (non-hydrogen) atoms. The van der Waals surface area contributed by atoms with E-state index in [2.05, 4.69) is 17.6 Å². The lowest BCUT2D eigenvalue weighted by Crippen LogP contribution is -2.48. The number of halogens is 1. The average molecular weight is 467 g/mol. The van der Waals surface area contributed by atoms with Crippen LogP contribution in [0.25, 0.3) is 0 Å². The van der Waals surface area contributed by atoms with Crippen molar-refractivity contribution >= 4 is 29.9 Å². The molecule has 6 heteroatoms. The summed E-state index contributed by atoms with van der Waals surface area (Å²) in [7, 11) is 1.78. The minimum absolute atomic E-state index is 0. The van der Waals surface area contributed by atoms with Gasteiger partial charge in [-0.2, -0.15) is 0 Å². The van der Waals surface area contributed by atoms with Crippen LogP contribution in [0.3, 0.4) is 0 Å². The molecule has 2 rings (SSSR count). The van der Waals surface area contributed by atoms with Crippen molar-refractivity contribution < 1.29 is 9.84 Å². The van der Waals surface area contributed by atoms with Gasteiger partial charge in [-0.1, -0.05) is 32.1 Å². The van der Waals surface area contributed by atoms with Gasteiger partial charge < -0.3 is 20.5 Å². The molecule has 2 saturated carbocycles. The van der Waals surface area contributed by atoms with Gasteiger partial charge in [0, 0.05) is 33.4 Å². The van der Waals surface area contributed by atoms with E-state index in [0.717, 1.165) is 57.8 Å². The van der Waals surface area contributed by atoms with E-state index in [1.54, 1.807) is 7.11 Å². The van der Waals surface area contributed by atoms with Crippen LogP contribution in [0.5, 0.6) is 0 Å². The van der Waals surface area contributed by atoms with Gasteiger partial charge >= 0.3 is 0 Å². The molecular formula is C19H38IN3O2. The molecule has 0 saturated heterocycles. The van der Waals surface area contributed by atoms with Crippen LogP contribution in [0.2, 0.25) is 0 Å². The second-order valence-electron chi connectivity index (χ2n) is 7.78. The van der Waals surface area contributed by atoms with E-state index < -0.39 is 5.60 Å². The van der Waals surface area contributed by atoms with Crippen molar-refractivity contribution in [2.75, 3.05) is 33.4 Å². The largest absolute Gasteiger partial charge is 0.388 e. The zero-order chi connectivity index (χ0) is 17.3. The molecule has 0 aliphatic heterocycles. The van der Waals surface area contributed by atoms with Crippen molar-refractivity contribution in [3.8, 4) is 0 Å². The highest BCUT2D eigenvalue weighted by atomic mass is 127. The second kappa shape index (κ2) is 11.6. The van der Waals surface area contributed by atoms with Crippen LogP contribution in [0, 0.1) is 5.41 Å². The lowest BCUT2D eigenvalue weighted by atomic mass is 9.83. The number of nitrogens with zero attached hydrogens (tertiary/aromatic N) is 1. The fraction of sp³-hybridized carbons (Fsp3) is 0.947. The van der Waals surface area contributed by atoms with Gasteiger partial charge in [-0.15, -0.1) is 24.0 Å². The third-order valence-electron chi connectivity index (χ3n) is 5.79. The van der Waals surface area contributed by atoms with Crippen LogP contribution in [0.15, 0.2) is 4.99 Å². The van der Waals surface area contributed by atoms with E-state index in [-0.39, 0.29) is 24.0 Å². The van der Waals surface area contributed by atoms with Gasteiger partial charge in [0.25, 0.3) is 0 Å². The topological polar surface area (TPSA) is 65.9 Å². The quantitative estimate of drug-likeness (QED) is 0.291. The Morgan fingerprint density at radius 2 is 1.68 bits per heavy atom. The summed E-state index contributed by atoms with van der Waals surface area (Å²) >= 11 is 0. The van der Waals surface area contributed by atoms with Gasteiger partial charge in [0.2, 0.25) is 0 Å². The molecule has 0 heterocycles. The molecule has 0 radical (unpaired) electrons. The number of guanidine groups is 1. The van der Waals surface area contributed by atoms with E-state index >= 15 is 0 Å². The summed E-state index contributed by atoms with van der Waals surface area (Å²) in [6.07, 6.45) is 11.5. The number of hydrogen-bond acceptors (Lipinski definition) is 3.